The number of nitrogens with one attached hydrogen (secondary N) is 1. The predicted molar refractivity (Wildman–Crippen MR) is 106 cm³/mol. The van der Waals surface area contributed by atoms with Crippen LogP contribution in [-0.2, 0) is 24.0 Å². The average Bonchev–Trinajstić information content (AvgIpc) is 3.38. The molecule has 6 N–H and O–H groups in total. The zero-order valence-electron chi connectivity index (χ0n) is 17.4. The molecule has 3 amide bonds. The fraction of sp³-hybridized carbons (Fsp3) is 0.737. The standard InChI is InChI=1S/C19H30N4O8/c1-10(24)15(20)18(29)23-9-3-5-13(23)17(28)22-8-2-4-12(22)16(27)21-11(19(30)31)6-7-14(25)26/h10-13,15,24H,2-9,20H2,1H3,(H,21,27)(H,25,26)(H,30,31). The Morgan fingerprint density at radius 1 is 1.03 bits per heavy atom. The van der Waals surface area contributed by atoms with Crippen molar-refractivity contribution in [3.63, 3.8) is 0 Å². The number of hydrogen-bond donors (Lipinski definition) is 5. The van der Waals surface area contributed by atoms with Crippen LogP contribution in [0.25, 0.3) is 0 Å². The maximum Gasteiger partial charge on any atom is 0.326 e. The van der Waals surface area contributed by atoms with Crippen LogP contribution in [-0.4, -0.2) is 98.1 Å². The molecule has 5 unspecified atom stereocenters. The Kier molecular flexibility index (Phi) is 8.34. The minimum Gasteiger partial charge on any atom is -0.481 e. The molecule has 2 heterocycles. The van der Waals surface area contributed by atoms with E-state index < -0.39 is 66.4 Å². The molecule has 174 valence electrons. The van der Waals surface area contributed by atoms with E-state index in [-0.39, 0.29) is 13.0 Å². The van der Waals surface area contributed by atoms with Gasteiger partial charge in [-0.1, -0.05) is 0 Å². The molecule has 0 aromatic carbocycles. The van der Waals surface area contributed by atoms with Crippen molar-refractivity contribution in [3.05, 3.63) is 0 Å². The summed E-state index contributed by atoms with van der Waals surface area (Å²) in [5.74, 6) is -4.16. The molecule has 2 rings (SSSR count). The van der Waals surface area contributed by atoms with Gasteiger partial charge in [-0.05, 0) is 39.0 Å². The van der Waals surface area contributed by atoms with Gasteiger partial charge in [-0.15, -0.1) is 0 Å². The van der Waals surface area contributed by atoms with E-state index in [9.17, 15) is 34.2 Å². The maximum absolute atomic E-state index is 13.2. The molecule has 12 heteroatoms. The number of nitrogens with zero attached hydrogens (tertiary/aromatic N) is 2. The third-order valence-corrected chi connectivity index (χ3v) is 5.73. The highest BCUT2D eigenvalue weighted by molar-refractivity contribution is 5.95. The molecule has 5 atom stereocenters. The van der Waals surface area contributed by atoms with Gasteiger partial charge in [0.05, 0.1) is 6.10 Å². The molecule has 0 aromatic rings. The number of carbonyl (C=O) groups is 5. The highest BCUT2D eigenvalue weighted by Crippen LogP contribution is 2.25. The SMILES string of the molecule is CC(O)C(N)C(=O)N1CCCC1C(=O)N1CCCC1C(=O)NC(CCC(=O)O)C(=O)O. The average molecular weight is 442 g/mol. The minimum atomic E-state index is -1.38. The maximum atomic E-state index is 13.2. The normalized spacial score (nSPS) is 23.8. The highest BCUT2D eigenvalue weighted by Gasteiger charge is 2.43. The molecule has 2 aliphatic heterocycles. The van der Waals surface area contributed by atoms with Crippen LogP contribution in [0, 0.1) is 0 Å². The van der Waals surface area contributed by atoms with Gasteiger partial charge in [0.2, 0.25) is 17.7 Å². The topological polar surface area (TPSA) is 191 Å². The Bertz CT molecular complexity index is 728. The molecule has 2 aliphatic rings. The van der Waals surface area contributed by atoms with Gasteiger partial charge in [0, 0.05) is 19.5 Å². The van der Waals surface area contributed by atoms with E-state index in [0.29, 0.717) is 32.2 Å². The van der Waals surface area contributed by atoms with Gasteiger partial charge < -0.3 is 36.2 Å². The molecule has 2 saturated heterocycles. The van der Waals surface area contributed by atoms with Crippen molar-refractivity contribution in [1.29, 1.82) is 0 Å². The van der Waals surface area contributed by atoms with Crippen LogP contribution in [0.5, 0.6) is 0 Å². The van der Waals surface area contributed by atoms with Gasteiger partial charge in [0.25, 0.3) is 0 Å². The quantitative estimate of drug-likeness (QED) is 0.272. The summed E-state index contributed by atoms with van der Waals surface area (Å²) in [5.41, 5.74) is 5.74. The molecule has 2 fully saturated rings. The predicted octanol–water partition coefficient (Wildman–Crippen LogP) is -1.89. The monoisotopic (exact) mass is 442 g/mol. The van der Waals surface area contributed by atoms with E-state index in [1.807, 2.05) is 0 Å². The van der Waals surface area contributed by atoms with E-state index in [2.05, 4.69) is 5.32 Å². The fourth-order valence-corrected chi connectivity index (χ4v) is 3.97. The lowest BCUT2D eigenvalue weighted by Gasteiger charge is -2.32. The van der Waals surface area contributed by atoms with Crippen molar-refractivity contribution in [3.8, 4) is 0 Å². The molecule has 0 saturated carbocycles. The first-order valence-corrected chi connectivity index (χ1v) is 10.3. The number of likely N-dealkylation sites (tertiary alicyclic amines) is 2. The second kappa shape index (κ2) is 10.5. The Morgan fingerprint density at radius 2 is 1.61 bits per heavy atom. The Labute approximate surface area is 179 Å². The number of rotatable bonds is 9. The van der Waals surface area contributed by atoms with Gasteiger partial charge in [0.15, 0.2) is 0 Å². The highest BCUT2D eigenvalue weighted by atomic mass is 16.4. The van der Waals surface area contributed by atoms with Gasteiger partial charge in [-0.25, -0.2) is 4.79 Å². The zero-order valence-corrected chi connectivity index (χ0v) is 17.4. The number of amides is 3. The van der Waals surface area contributed by atoms with Crippen molar-refractivity contribution < 1.29 is 39.3 Å². The molecule has 0 radical (unpaired) electrons. The van der Waals surface area contributed by atoms with Gasteiger partial charge in [-0.2, -0.15) is 0 Å². The Hall–Kier alpha value is -2.73. The summed E-state index contributed by atoms with van der Waals surface area (Å²) in [6.45, 7) is 1.99. The summed E-state index contributed by atoms with van der Waals surface area (Å²) in [7, 11) is 0. The first-order chi connectivity index (χ1) is 14.5. The first-order valence-electron chi connectivity index (χ1n) is 10.3. The van der Waals surface area contributed by atoms with Gasteiger partial charge in [-0.3, -0.25) is 19.2 Å². The van der Waals surface area contributed by atoms with Crippen LogP contribution in [0.4, 0.5) is 0 Å². The lowest BCUT2D eigenvalue weighted by molar-refractivity contribution is -0.149. The third-order valence-electron chi connectivity index (χ3n) is 5.73. The molecule has 0 aliphatic carbocycles. The summed E-state index contributed by atoms with van der Waals surface area (Å²) in [6.07, 6.45) is 0.0645. The number of carboxylic acid groups (broad SMARTS) is 2. The van der Waals surface area contributed by atoms with Crippen LogP contribution in [0.15, 0.2) is 0 Å². The van der Waals surface area contributed by atoms with Crippen molar-refractivity contribution >= 4 is 29.7 Å². The smallest absolute Gasteiger partial charge is 0.326 e. The molecular weight excluding hydrogens is 412 g/mol. The van der Waals surface area contributed by atoms with E-state index in [0.717, 1.165) is 0 Å². The largest absolute Gasteiger partial charge is 0.481 e. The van der Waals surface area contributed by atoms with Crippen LogP contribution < -0.4 is 11.1 Å². The van der Waals surface area contributed by atoms with Gasteiger partial charge in [0.1, 0.15) is 24.2 Å². The fourth-order valence-electron chi connectivity index (χ4n) is 3.97. The Morgan fingerprint density at radius 3 is 2.16 bits per heavy atom. The molecule has 31 heavy (non-hydrogen) atoms. The Balaban J connectivity index is 2.08. The number of aliphatic hydroxyl groups is 1. The molecule has 12 nitrogen and oxygen atoms in total. The third kappa shape index (κ3) is 5.91. The van der Waals surface area contributed by atoms with E-state index in [1.165, 1.54) is 16.7 Å². The number of aliphatic hydroxyl groups excluding tert-OH is 1. The molecule has 0 spiro atoms. The van der Waals surface area contributed by atoms with Crippen LogP contribution in [0.1, 0.15) is 45.4 Å². The minimum absolute atomic E-state index is 0.279. The number of nitrogens with two attached hydrogens (primary N) is 1. The molecule has 0 aromatic heterocycles. The summed E-state index contributed by atoms with van der Waals surface area (Å²) in [4.78, 5) is 63.2. The van der Waals surface area contributed by atoms with Crippen LogP contribution in [0.3, 0.4) is 0 Å². The van der Waals surface area contributed by atoms with Crippen LogP contribution in [0.2, 0.25) is 0 Å². The number of hydrogen-bond acceptors (Lipinski definition) is 7. The van der Waals surface area contributed by atoms with E-state index in [1.54, 1.807) is 0 Å². The number of carboxylic acids is 2. The number of aliphatic carboxylic acids is 2. The molecular formula is C19H30N4O8. The lowest BCUT2D eigenvalue weighted by atomic mass is 10.1. The van der Waals surface area contributed by atoms with Crippen molar-refractivity contribution in [1.82, 2.24) is 15.1 Å². The lowest BCUT2D eigenvalue weighted by Crippen LogP contribution is -2.57. The van der Waals surface area contributed by atoms with E-state index in [4.69, 9.17) is 10.8 Å². The summed E-state index contributed by atoms with van der Waals surface area (Å²) < 4.78 is 0. The van der Waals surface area contributed by atoms with E-state index >= 15 is 0 Å². The number of carbonyl (C=O) groups excluding carboxylic acids is 3. The van der Waals surface area contributed by atoms with Gasteiger partial charge >= 0.3 is 11.9 Å². The summed E-state index contributed by atoms with van der Waals surface area (Å²) in [6, 6.07) is -4.23. The summed E-state index contributed by atoms with van der Waals surface area (Å²) >= 11 is 0. The van der Waals surface area contributed by atoms with Crippen molar-refractivity contribution in [2.24, 2.45) is 5.73 Å². The van der Waals surface area contributed by atoms with Crippen molar-refractivity contribution in [2.45, 2.75) is 75.7 Å². The first kappa shape index (κ1) is 24.5. The second-order valence-electron chi connectivity index (χ2n) is 7.98. The zero-order chi connectivity index (χ0) is 23.3. The summed E-state index contributed by atoms with van der Waals surface area (Å²) in [5, 5.41) is 29.9. The van der Waals surface area contributed by atoms with Crippen LogP contribution >= 0.6 is 0 Å². The molecule has 0 bridgehead atoms. The second-order valence-corrected chi connectivity index (χ2v) is 7.98. The van der Waals surface area contributed by atoms with Crippen molar-refractivity contribution in [2.75, 3.05) is 13.1 Å².